The molecule has 1 saturated heterocycles. The van der Waals surface area contributed by atoms with Gasteiger partial charge in [0.25, 0.3) is 11.7 Å². The van der Waals surface area contributed by atoms with Crippen molar-refractivity contribution >= 4 is 39.3 Å². The number of aliphatic carboxylic acids is 1. The number of hydrogen-bond acceptors (Lipinski definition) is 5. The van der Waals surface area contributed by atoms with E-state index in [2.05, 4.69) is 15.9 Å². The molecule has 156 valence electrons. The molecule has 1 heterocycles. The van der Waals surface area contributed by atoms with Crippen molar-refractivity contribution in [2.45, 2.75) is 18.9 Å². The van der Waals surface area contributed by atoms with Gasteiger partial charge in [0.2, 0.25) is 0 Å². The predicted octanol–water partition coefficient (Wildman–Crippen LogP) is 3.74. The molecule has 1 aliphatic heterocycles. The minimum atomic E-state index is -0.990. The Balaban J connectivity index is 2.14. The van der Waals surface area contributed by atoms with Crippen LogP contribution in [0.25, 0.3) is 5.76 Å². The van der Waals surface area contributed by atoms with E-state index in [-0.39, 0.29) is 30.7 Å². The van der Waals surface area contributed by atoms with Crippen LogP contribution in [-0.4, -0.2) is 46.4 Å². The second-order valence-electron chi connectivity index (χ2n) is 6.74. The van der Waals surface area contributed by atoms with Crippen LogP contribution in [0, 0.1) is 0 Å². The fourth-order valence-corrected chi connectivity index (χ4v) is 3.75. The molecule has 0 saturated carbocycles. The topological polar surface area (TPSA) is 104 Å². The van der Waals surface area contributed by atoms with Crippen LogP contribution in [-0.2, 0) is 14.4 Å². The van der Waals surface area contributed by atoms with Gasteiger partial charge < -0.3 is 19.8 Å². The highest BCUT2D eigenvalue weighted by atomic mass is 79.9. The molecule has 2 N–H and O–H groups in total. The first kappa shape index (κ1) is 21.6. The quantitative estimate of drug-likeness (QED) is 0.360. The third kappa shape index (κ3) is 4.23. The molecule has 7 nitrogen and oxygen atoms in total. The Morgan fingerprint density at radius 2 is 1.77 bits per heavy atom. The number of benzene rings is 2. The van der Waals surface area contributed by atoms with Gasteiger partial charge in [-0.1, -0.05) is 46.3 Å². The van der Waals surface area contributed by atoms with Gasteiger partial charge in [0.15, 0.2) is 0 Å². The fourth-order valence-electron chi connectivity index (χ4n) is 3.49. The van der Waals surface area contributed by atoms with E-state index < -0.39 is 23.7 Å². The standard InChI is InChI=1S/C22H20BrNO6/c1-30-16-6-3-2-5-15(16)19-18(20(27)13-8-10-14(23)11-9-13)21(28)22(29)24(19)12-4-7-17(25)26/h2-3,5-6,8-11,19,27H,4,7,12H2,1H3,(H,25,26). The summed E-state index contributed by atoms with van der Waals surface area (Å²) in [5, 5.41) is 19.9. The lowest BCUT2D eigenvalue weighted by Gasteiger charge is -2.26. The number of hydrogen-bond donors (Lipinski definition) is 2. The molecule has 2 aromatic carbocycles. The highest BCUT2D eigenvalue weighted by Gasteiger charge is 2.46. The number of carboxylic acids is 1. The van der Waals surface area contributed by atoms with E-state index >= 15 is 0 Å². The molecule has 2 aromatic rings. The fraction of sp³-hybridized carbons (Fsp3) is 0.227. The number of ether oxygens (including phenoxy) is 1. The zero-order valence-corrected chi connectivity index (χ0v) is 17.8. The van der Waals surface area contributed by atoms with Crippen LogP contribution < -0.4 is 4.74 Å². The summed E-state index contributed by atoms with van der Waals surface area (Å²) in [6, 6.07) is 12.7. The van der Waals surface area contributed by atoms with Crippen molar-refractivity contribution in [3.8, 4) is 5.75 Å². The Kier molecular flexibility index (Phi) is 6.56. The normalized spacial score (nSPS) is 17.9. The van der Waals surface area contributed by atoms with Crippen LogP contribution in [0.1, 0.15) is 30.0 Å². The Hall–Kier alpha value is -3.13. The van der Waals surface area contributed by atoms with Crippen LogP contribution >= 0.6 is 15.9 Å². The zero-order chi connectivity index (χ0) is 21.8. The SMILES string of the molecule is COc1ccccc1C1C(=C(O)c2ccc(Br)cc2)C(=O)C(=O)N1CCCC(=O)O. The smallest absolute Gasteiger partial charge is 0.303 e. The molecule has 1 atom stereocenters. The summed E-state index contributed by atoms with van der Waals surface area (Å²) in [5.41, 5.74) is 0.872. The number of likely N-dealkylation sites (tertiary alicyclic amines) is 1. The number of nitrogens with zero attached hydrogens (tertiary/aromatic N) is 1. The molecule has 3 rings (SSSR count). The Bertz CT molecular complexity index is 1010. The lowest BCUT2D eigenvalue weighted by atomic mass is 9.94. The number of aliphatic hydroxyl groups is 1. The highest BCUT2D eigenvalue weighted by molar-refractivity contribution is 9.10. The number of ketones is 1. The van der Waals surface area contributed by atoms with E-state index in [1.54, 1.807) is 48.5 Å². The molecule has 1 unspecified atom stereocenters. The monoisotopic (exact) mass is 473 g/mol. The molecule has 0 spiro atoms. The maximum Gasteiger partial charge on any atom is 0.303 e. The van der Waals surface area contributed by atoms with Crippen LogP contribution in [0.2, 0.25) is 0 Å². The molecule has 30 heavy (non-hydrogen) atoms. The number of carbonyl (C=O) groups is 3. The van der Waals surface area contributed by atoms with Gasteiger partial charge in [-0.15, -0.1) is 0 Å². The molecule has 0 bridgehead atoms. The minimum absolute atomic E-state index is 0.0523. The van der Waals surface area contributed by atoms with Gasteiger partial charge in [-0.25, -0.2) is 0 Å². The van der Waals surface area contributed by atoms with Crippen molar-refractivity contribution in [1.82, 2.24) is 4.90 Å². The first-order chi connectivity index (χ1) is 14.3. The van der Waals surface area contributed by atoms with Crippen LogP contribution in [0.4, 0.5) is 0 Å². The van der Waals surface area contributed by atoms with Gasteiger partial charge in [-0.3, -0.25) is 14.4 Å². The molecular formula is C22H20BrNO6. The molecule has 0 aliphatic carbocycles. The number of carboxylic acid groups (broad SMARTS) is 1. The first-order valence-electron chi connectivity index (χ1n) is 9.24. The van der Waals surface area contributed by atoms with E-state index in [4.69, 9.17) is 9.84 Å². The largest absolute Gasteiger partial charge is 0.507 e. The summed E-state index contributed by atoms with van der Waals surface area (Å²) in [4.78, 5) is 37.9. The minimum Gasteiger partial charge on any atom is -0.507 e. The Morgan fingerprint density at radius 3 is 2.40 bits per heavy atom. The van der Waals surface area contributed by atoms with Gasteiger partial charge in [0.05, 0.1) is 18.7 Å². The van der Waals surface area contributed by atoms with Crippen LogP contribution in [0.5, 0.6) is 5.75 Å². The molecule has 1 amide bonds. The molecular weight excluding hydrogens is 454 g/mol. The van der Waals surface area contributed by atoms with E-state index in [0.717, 1.165) is 4.47 Å². The number of methoxy groups -OCH3 is 1. The molecule has 1 fully saturated rings. The number of rotatable bonds is 7. The summed E-state index contributed by atoms with van der Waals surface area (Å²) in [5.74, 6) is -2.43. The van der Waals surface area contributed by atoms with Crippen molar-refractivity contribution < 1.29 is 29.3 Å². The number of Topliss-reactive ketones (excluding diaryl/α,β-unsaturated/α-hetero) is 1. The summed E-state index contributed by atoms with van der Waals surface area (Å²) >= 11 is 3.33. The van der Waals surface area contributed by atoms with Crippen LogP contribution in [0.3, 0.4) is 0 Å². The average molecular weight is 474 g/mol. The van der Waals surface area contributed by atoms with Gasteiger partial charge in [0.1, 0.15) is 11.5 Å². The van der Waals surface area contributed by atoms with Crippen molar-refractivity contribution in [3.63, 3.8) is 0 Å². The van der Waals surface area contributed by atoms with E-state index in [0.29, 0.717) is 16.9 Å². The number of para-hydroxylation sites is 1. The van der Waals surface area contributed by atoms with Crippen molar-refractivity contribution in [1.29, 1.82) is 0 Å². The maximum atomic E-state index is 12.9. The third-order valence-corrected chi connectivity index (χ3v) is 5.41. The van der Waals surface area contributed by atoms with E-state index in [1.165, 1.54) is 12.0 Å². The summed E-state index contributed by atoms with van der Waals surface area (Å²) < 4.78 is 6.22. The molecule has 0 aromatic heterocycles. The molecule has 0 radical (unpaired) electrons. The third-order valence-electron chi connectivity index (χ3n) is 4.88. The Labute approximate surface area is 181 Å². The predicted molar refractivity (Wildman–Crippen MR) is 113 cm³/mol. The number of amides is 1. The lowest BCUT2D eigenvalue weighted by molar-refractivity contribution is -0.140. The zero-order valence-electron chi connectivity index (χ0n) is 16.2. The number of carbonyl (C=O) groups excluding carboxylic acids is 2. The van der Waals surface area contributed by atoms with E-state index in [1.807, 2.05) is 0 Å². The number of aliphatic hydroxyl groups excluding tert-OH is 1. The average Bonchev–Trinajstić information content (AvgIpc) is 2.98. The van der Waals surface area contributed by atoms with Gasteiger partial charge in [0, 0.05) is 28.6 Å². The second-order valence-corrected chi connectivity index (χ2v) is 7.65. The summed E-state index contributed by atoms with van der Waals surface area (Å²) in [6.45, 7) is 0.0523. The second kappa shape index (κ2) is 9.13. The van der Waals surface area contributed by atoms with E-state index in [9.17, 15) is 19.5 Å². The van der Waals surface area contributed by atoms with Crippen LogP contribution in [0.15, 0.2) is 58.6 Å². The summed E-state index contributed by atoms with van der Waals surface area (Å²) in [7, 11) is 1.48. The first-order valence-corrected chi connectivity index (χ1v) is 10.0. The van der Waals surface area contributed by atoms with Crippen molar-refractivity contribution in [3.05, 3.63) is 69.7 Å². The van der Waals surface area contributed by atoms with Crippen molar-refractivity contribution in [2.24, 2.45) is 0 Å². The Morgan fingerprint density at radius 1 is 1.10 bits per heavy atom. The van der Waals surface area contributed by atoms with Gasteiger partial charge in [-0.2, -0.15) is 0 Å². The van der Waals surface area contributed by atoms with Crippen molar-refractivity contribution in [2.75, 3.05) is 13.7 Å². The highest BCUT2D eigenvalue weighted by Crippen LogP contribution is 2.42. The summed E-state index contributed by atoms with van der Waals surface area (Å²) in [6.07, 6.45) is 0.0285. The molecule has 1 aliphatic rings. The molecule has 8 heteroatoms. The van der Waals surface area contributed by atoms with Gasteiger partial charge in [-0.05, 0) is 24.6 Å². The maximum absolute atomic E-state index is 12.9. The lowest BCUT2D eigenvalue weighted by Crippen LogP contribution is -2.31. The number of halogens is 1. The van der Waals surface area contributed by atoms with Gasteiger partial charge >= 0.3 is 5.97 Å².